The first kappa shape index (κ1) is 16.8. The number of carboxylic acid groups (broad SMARTS) is 1. The molecule has 5 nitrogen and oxygen atoms in total. The molecule has 2 atom stereocenters. The number of halogens is 1. The largest absolute Gasteiger partial charge is 0.480 e. The highest BCUT2D eigenvalue weighted by atomic mass is 79.9. The van der Waals surface area contributed by atoms with Crippen molar-refractivity contribution in [2.24, 2.45) is 5.92 Å². The Morgan fingerprint density at radius 1 is 1.42 bits per heavy atom. The standard InChI is InChI=1S/C18H19BrN2O3/c19-13-6-3-7-14-17(13)12(10-20-14)9-15(18(23)24)21-16(22)8-11-4-1-2-5-11/h1,3-4,6-7,10-11,15,20H,2,5,8-9H2,(H,21,22)(H,23,24). The highest BCUT2D eigenvalue weighted by molar-refractivity contribution is 9.10. The number of fused-ring (bicyclic) bond motifs is 1. The lowest BCUT2D eigenvalue weighted by Crippen LogP contribution is -2.42. The van der Waals surface area contributed by atoms with Gasteiger partial charge in [-0.1, -0.05) is 34.1 Å². The number of carbonyl (C=O) groups is 2. The van der Waals surface area contributed by atoms with Crippen LogP contribution in [0.3, 0.4) is 0 Å². The van der Waals surface area contributed by atoms with Crippen molar-refractivity contribution in [1.82, 2.24) is 10.3 Å². The van der Waals surface area contributed by atoms with E-state index < -0.39 is 12.0 Å². The van der Waals surface area contributed by atoms with Crippen molar-refractivity contribution < 1.29 is 14.7 Å². The smallest absolute Gasteiger partial charge is 0.326 e. The number of amides is 1. The Morgan fingerprint density at radius 2 is 2.25 bits per heavy atom. The third-order valence-electron chi connectivity index (χ3n) is 4.35. The van der Waals surface area contributed by atoms with Crippen LogP contribution in [-0.4, -0.2) is 28.0 Å². The van der Waals surface area contributed by atoms with Gasteiger partial charge in [-0.05, 0) is 36.5 Å². The number of aromatic amines is 1. The third kappa shape index (κ3) is 3.70. The molecule has 126 valence electrons. The molecule has 3 rings (SSSR count). The summed E-state index contributed by atoms with van der Waals surface area (Å²) in [6.07, 6.45) is 8.44. The van der Waals surface area contributed by atoms with Crippen LogP contribution in [0.2, 0.25) is 0 Å². The number of carboxylic acids is 1. The molecule has 0 fully saturated rings. The molecule has 0 saturated heterocycles. The first-order chi connectivity index (χ1) is 11.5. The van der Waals surface area contributed by atoms with Crippen molar-refractivity contribution >= 4 is 38.7 Å². The number of aliphatic carboxylic acids is 1. The quantitative estimate of drug-likeness (QED) is 0.661. The minimum atomic E-state index is -1.02. The fourth-order valence-corrected chi connectivity index (χ4v) is 3.77. The normalized spacial score (nSPS) is 18.0. The second-order valence-electron chi connectivity index (χ2n) is 6.11. The van der Waals surface area contributed by atoms with E-state index in [4.69, 9.17) is 0 Å². The van der Waals surface area contributed by atoms with Crippen LogP contribution in [0.4, 0.5) is 0 Å². The summed E-state index contributed by atoms with van der Waals surface area (Å²) in [6, 6.07) is 4.83. The molecule has 0 bridgehead atoms. The predicted molar refractivity (Wildman–Crippen MR) is 95.8 cm³/mol. The van der Waals surface area contributed by atoms with Gasteiger partial charge in [0.15, 0.2) is 0 Å². The van der Waals surface area contributed by atoms with Crippen molar-refractivity contribution in [1.29, 1.82) is 0 Å². The number of allylic oxidation sites excluding steroid dienone is 2. The molecule has 1 amide bonds. The predicted octanol–water partition coefficient (Wildman–Crippen LogP) is 3.40. The van der Waals surface area contributed by atoms with Gasteiger partial charge in [0.2, 0.25) is 5.91 Å². The minimum Gasteiger partial charge on any atom is -0.480 e. The van der Waals surface area contributed by atoms with Crippen molar-refractivity contribution in [2.45, 2.75) is 31.7 Å². The number of H-pyrrole nitrogens is 1. The Labute approximate surface area is 148 Å². The number of aromatic nitrogens is 1. The van der Waals surface area contributed by atoms with Crippen LogP contribution >= 0.6 is 15.9 Å². The highest BCUT2D eigenvalue weighted by Crippen LogP contribution is 2.28. The Hall–Kier alpha value is -2.08. The molecular formula is C18H19BrN2O3. The Morgan fingerprint density at radius 3 is 2.96 bits per heavy atom. The number of benzene rings is 1. The number of hydrogen-bond donors (Lipinski definition) is 3. The molecule has 0 saturated carbocycles. The summed E-state index contributed by atoms with van der Waals surface area (Å²) < 4.78 is 0.905. The molecule has 0 radical (unpaired) electrons. The number of carbonyl (C=O) groups excluding carboxylic acids is 1. The van der Waals surface area contributed by atoms with Gasteiger partial charge in [-0.2, -0.15) is 0 Å². The van der Waals surface area contributed by atoms with Crippen molar-refractivity contribution in [3.05, 3.63) is 46.6 Å². The van der Waals surface area contributed by atoms with E-state index in [9.17, 15) is 14.7 Å². The third-order valence-corrected chi connectivity index (χ3v) is 5.01. The summed E-state index contributed by atoms with van der Waals surface area (Å²) in [5, 5.41) is 13.1. The van der Waals surface area contributed by atoms with Crippen LogP contribution in [0.1, 0.15) is 24.8 Å². The number of rotatable bonds is 6. The molecule has 0 aliphatic heterocycles. The first-order valence-corrected chi connectivity index (χ1v) is 8.77. The van der Waals surface area contributed by atoms with E-state index in [0.29, 0.717) is 6.42 Å². The minimum absolute atomic E-state index is 0.210. The zero-order chi connectivity index (χ0) is 17.1. The van der Waals surface area contributed by atoms with Crippen LogP contribution in [0, 0.1) is 5.92 Å². The van der Waals surface area contributed by atoms with Crippen molar-refractivity contribution in [2.75, 3.05) is 0 Å². The Kier molecular flexibility index (Phi) is 5.04. The van der Waals surface area contributed by atoms with Crippen LogP contribution in [0.5, 0.6) is 0 Å². The van der Waals surface area contributed by atoms with Gasteiger partial charge in [0, 0.05) is 34.4 Å². The topological polar surface area (TPSA) is 82.2 Å². The van der Waals surface area contributed by atoms with E-state index in [0.717, 1.165) is 33.8 Å². The van der Waals surface area contributed by atoms with Crippen LogP contribution in [0.15, 0.2) is 41.0 Å². The van der Waals surface area contributed by atoms with Crippen molar-refractivity contribution in [3.63, 3.8) is 0 Å². The molecule has 1 aromatic heterocycles. The average Bonchev–Trinajstić information content (AvgIpc) is 3.17. The average molecular weight is 391 g/mol. The maximum absolute atomic E-state index is 12.1. The molecule has 6 heteroatoms. The van der Waals surface area contributed by atoms with Crippen molar-refractivity contribution in [3.8, 4) is 0 Å². The Balaban J connectivity index is 1.72. The lowest BCUT2D eigenvalue weighted by molar-refractivity contribution is -0.141. The first-order valence-electron chi connectivity index (χ1n) is 7.98. The van der Waals surface area contributed by atoms with E-state index in [-0.39, 0.29) is 18.2 Å². The van der Waals surface area contributed by atoms with Crippen LogP contribution in [-0.2, 0) is 16.0 Å². The zero-order valence-corrected chi connectivity index (χ0v) is 14.7. The summed E-state index contributed by atoms with van der Waals surface area (Å²) in [4.78, 5) is 26.9. The van der Waals surface area contributed by atoms with E-state index in [1.807, 2.05) is 24.3 Å². The Bertz CT molecular complexity index is 797. The van der Waals surface area contributed by atoms with Gasteiger partial charge in [-0.15, -0.1) is 0 Å². The summed E-state index contributed by atoms with van der Waals surface area (Å²) in [6.45, 7) is 0. The fourth-order valence-electron chi connectivity index (χ4n) is 3.15. The number of nitrogens with one attached hydrogen (secondary N) is 2. The van der Waals surface area contributed by atoms with Crippen LogP contribution in [0.25, 0.3) is 10.9 Å². The molecule has 2 aromatic rings. The van der Waals surface area contributed by atoms with Gasteiger partial charge in [0.25, 0.3) is 0 Å². The lowest BCUT2D eigenvalue weighted by atomic mass is 10.0. The van der Waals surface area contributed by atoms with Gasteiger partial charge in [0.1, 0.15) is 6.04 Å². The SMILES string of the molecule is O=C(CC1C=CCC1)NC(Cc1c[nH]c2cccc(Br)c12)C(=O)O. The summed E-state index contributed by atoms with van der Waals surface area (Å²) in [7, 11) is 0. The second-order valence-corrected chi connectivity index (χ2v) is 6.96. The van der Waals surface area contributed by atoms with Gasteiger partial charge < -0.3 is 15.4 Å². The van der Waals surface area contributed by atoms with Gasteiger partial charge >= 0.3 is 5.97 Å². The fraction of sp³-hybridized carbons (Fsp3) is 0.333. The molecule has 1 heterocycles. The molecular weight excluding hydrogens is 372 g/mol. The number of hydrogen-bond acceptors (Lipinski definition) is 2. The van der Waals surface area contributed by atoms with Gasteiger partial charge in [0.05, 0.1) is 0 Å². The highest BCUT2D eigenvalue weighted by Gasteiger charge is 2.24. The molecule has 3 N–H and O–H groups in total. The van der Waals surface area contributed by atoms with Gasteiger partial charge in [-0.3, -0.25) is 4.79 Å². The van der Waals surface area contributed by atoms with E-state index in [1.165, 1.54) is 0 Å². The summed E-state index contributed by atoms with van der Waals surface area (Å²) >= 11 is 3.50. The van der Waals surface area contributed by atoms with Crippen LogP contribution < -0.4 is 5.32 Å². The molecule has 2 unspecified atom stereocenters. The van der Waals surface area contributed by atoms with Gasteiger partial charge in [-0.25, -0.2) is 4.79 Å². The molecule has 1 aliphatic carbocycles. The molecule has 24 heavy (non-hydrogen) atoms. The molecule has 0 spiro atoms. The summed E-state index contributed by atoms with van der Waals surface area (Å²) in [5.41, 5.74) is 1.80. The van der Waals surface area contributed by atoms with E-state index in [1.54, 1.807) is 6.20 Å². The molecule has 1 aliphatic rings. The summed E-state index contributed by atoms with van der Waals surface area (Å²) in [5.74, 6) is -1.01. The zero-order valence-electron chi connectivity index (χ0n) is 13.1. The maximum Gasteiger partial charge on any atom is 0.326 e. The van der Waals surface area contributed by atoms with E-state index >= 15 is 0 Å². The molecule has 1 aromatic carbocycles. The van der Waals surface area contributed by atoms with E-state index in [2.05, 4.69) is 32.3 Å². The second kappa shape index (κ2) is 7.21. The monoisotopic (exact) mass is 390 g/mol. The lowest BCUT2D eigenvalue weighted by Gasteiger charge is -2.16. The maximum atomic E-state index is 12.1.